The van der Waals surface area contributed by atoms with Crippen molar-refractivity contribution in [2.75, 3.05) is 11.9 Å². The monoisotopic (exact) mass is 518 g/mol. The number of carbonyl (C=O) groups excluding carboxylic acids is 2. The van der Waals surface area contributed by atoms with Crippen molar-refractivity contribution in [3.8, 4) is 11.1 Å². The van der Waals surface area contributed by atoms with Crippen LogP contribution in [0.2, 0.25) is 0 Å². The second kappa shape index (κ2) is 11.6. The van der Waals surface area contributed by atoms with E-state index >= 15 is 0 Å². The Hall–Kier alpha value is -3.08. The molecule has 0 bridgehead atoms. The normalized spacial score (nSPS) is 12.2. The number of nitrogens with one attached hydrogen (secondary N) is 2. The highest BCUT2D eigenvalue weighted by molar-refractivity contribution is 7.89. The van der Waals surface area contributed by atoms with E-state index < -0.39 is 33.8 Å². The lowest BCUT2D eigenvalue weighted by Gasteiger charge is -2.17. The topological polar surface area (TPSA) is 102 Å². The van der Waals surface area contributed by atoms with Crippen LogP contribution < -0.4 is 10.0 Å². The number of sulfonamides is 1. The van der Waals surface area contributed by atoms with Gasteiger partial charge in [-0.2, -0.15) is 4.72 Å². The van der Waals surface area contributed by atoms with E-state index in [2.05, 4.69) is 10.0 Å². The number of anilines is 1. The lowest BCUT2D eigenvalue weighted by atomic mass is 10.0. The molecular weight excluding hydrogens is 491 g/mol. The predicted molar refractivity (Wildman–Crippen MR) is 135 cm³/mol. The Bertz CT molecular complexity index is 1290. The molecule has 0 aliphatic heterocycles. The van der Waals surface area contributed by atoms with E-state index in [1.54, 1.807) is 19.2 Å². The molecule has 0 radical (unpaired) electrons. The molecule has 0 aliphatic rings. The van der Waals surface area contributed by atoms with Crippen LogP contribution in [0.4, 0.5) is 9.39 Å². The van der Waals surface area contributed by atoms with Crippen LogP contribution >= 0.6 is 11.3 Å². The number of amides is 1. The minimum atomic E-state index is -4.07. The molecule has 7 nitrogen and oxygen atoms in total. The average Bonchev–Trinajstić information content (AvgIpc) is 3.26. The number of hydrogen-bond donors (Lipinski definition) is 2. The molecule has 0 spiro atoms. The molecule has 0 saturated heterocycles. The molecule has 186 valence electrons. The zero-order valence-corrected chi connectivity index (χ0v) is 21.3. The van der Waals surface area contributed by atoms with Gasteiger partial charge in [-0.1, -0.05) is 38.1 Å². The Kier molecular flexibility index (Phi) is 8.76. The maximum atomic E-state index is 13.2. The van der Waals surface area contributed by atoms with Crippen molar-refractivity contribution in [1.29, 1.82) is 0 Å². The highest BCUT2D eigenvalue weighted by atomic mass is 32.2. The molecular formula is C25H27FN2O5S2. The van der Waals surface area contributed by atoms with Crippen LogP contribution in [0, 0.1) is 5.82 Å². The molecule has 0 aliphatic carbocycles. The van der Waals surface area contributed by atoms with E-state index in [1.165, 1.54) is 0 Å². The Labute approximate surface area is 208 Å². The van der Waals surface area contributed by atoms with Gasteiger partial charge in [-0.05, 0) is 55.2 Å². The van der Waals surface area contributed by atoms with Gasteiger partial charge in [0.05, 0.1) is 11.5 Å². The van der Waals surface area contributed by atoms with Crippen LogP contribution in [-0.4, -0.2) is 32.9 Å². The van der Waals surface area contributed by atoms with Crippen molar-refractivity contribution in [2.45, 2.75) is 44.6 Å². The number of thiophene rings is 1. The number of rotatable bonds is 10. The summed E-state index contributed by atoms with van der Waals surface area (Å²) in [6.45, 7) is 5.55. The van der Waals surface area contributed by atoms with E-state index in [0.717, 1.165) is 53.1 Å². The first-order valence-electron chi connectivity index (χ1n) is 11.2. The molecule has 3 rings (SSSR count). The smallest absolute Gasteiger partial charge is 0.341 e. The van der Waals surface area contributed by atoms with Crippen LogP contribution in [0.1, 0.15) is 43.1 Å². The Morgan fingerprint density at radius 2 is 1.69 bits per heavy atom. The fourth-order valence-corrected chi connectivity index (χ4v) is 5.62. The van der Waals surface area contributed by atoms with Crippen molar-refractivity contribution >= 4 is 38.2 Å². The van der Waals surface area contributed by atoms with Crippen molar-refractivity contribution in [3.05, 3.63) is 70.9 Å². The molecule has 1 unspecified atom stereocenters. The number of carbonyl (C=O) groups is 2. The average molecular weight is 519 g/mol. The van der Waals surface area contributed by atoms with E-state index in [-0.39, 0.29) is 28.5 Å². The molecule has 2 N–H and O–H groups in total. The molecule has 10 heteroatoms. The maximum absolute atomic E-state index is 13.2. The number of hydrogen-bond acceptors (Lipinski definition) is 6. The highest BCUT2D eigenvalue weighted by Gasteiger charge is 2.28. The summed E-state index contributed by atoms with van der Waals surface area (Å²) in [7, 11) is -4.07. The zero-order chi connectivity index (χ0) is 25.6. The minimum Gasteiger partial charge on any atom is -0.462 e. The summed E-state index contributed by atoms with van der Waals surface area (Å²) in [5.74, 6) is -1.78. The number of benzene rings is 2. The first-order valence-corrected chi connectivity index (χ1v) is 13.5. The van der Waals surface area contributed by atoms with Gasteiger partial charge in [-0.25, -0.2) is 17.6 Å². The Morgan fingerprint density at radius 1 is 1.03 bits per heavy atom. The number of esters is 1. The molecule has 0 saturated carbocycles. The van der Waals surface area contributed by atoms with Crippen LogP contribution in [0.15, 0.2) is 58.8 Å². The second-order valence-corrected chi connectivity index (χ2v) is 10.2. The SMILES string of the molecule is CCOC(=O)c1c(-c2ccc(CC)cc2)csc1NC(=O)C(CC)NS(=O)(=O)c1ccc(F)cc1. The molecule has 1 amide bonds. The standard InChI is InChI=1S/C25H27FN2O5S2/c1-4-16-7-9-17(10-8-16)20-15-34-24(22(20)25(30)33-6-3)27-23(29)21(5-2)28-35(31,32)19-13-11-18(26)12-14-19/h7-15,21,28H,4-6H2,1-3H3,(H,27,29). The molecule has 1 heterocycles. The summed E-state index contributed by atoms with van der Waals surface area (Å²) in [6, 6.07) is 10.9. The Morgan fingerprint density at radius 3 is 2.26 bits per heavy atom. The fraction of sp³-hybridized carbons (Fsp3) is 0.280. The molecule has 35 heavy (non-hydrogen) atoms. The second-order valence-electron chi connectivity index (χ2n) is 7.65. The number of ether oxygens (including phenoxy) is 1. The molecule has 2 aromatic carbocycles. The van der Waals surface area contributed by atoms with Gasteiger partial charge in [-0.15, -0.1) is 11.3 Å². The van der Waals surface area contributed by atoms with Crippen molar-refractivity contribution in [2.24, 2.45) is 0 Å². The highest BCUT2D eigenvalue weighted by Crippen LogP contribution is 2.36. The van der Waals surface area contributed by atoms with E-state index in [1.807, 2.05) is 31.2 Å². The first-order chi connectivity index (χ1) is 16.7. The van der Waals surface area contributed by atoms with Crippen molar-refractivity contribution in [3.63, 3.8) is 0 Å². The van der Waals surface area contributed by atoms with Gasteiger partial charge in [0.1, 0.15) is 22.4 Å². The van der Waals surface area contributed by atoms with E-state index in [4.69, 9.17) is 4.74 Å². The third-order valence-electron chi connectivity index (χ3n) is 5.33. The lowest BCUT2D eigenvalue weighted by Crippen LogP contribution is -2.43. The summed E-state index contributed by atoms with van der Waals surface area (Å²) >= 11 is 1.16. The van der Waals surface area contributed by atoms with Crippen LogP contribution in [0.3, 0.4) is 0 Å². The molecule has 0 fully saturated rings. The van der Waals surface area contributed by atoms with E-state index in [9.17, 15) is 22.4 Å². The third kappa shape index (κ3) is 6.33. The summed E-state index contributed by atoms with van der Waals surface area (Å²) in [6.07, 6.45) is 1.03. The Balaban J connectivity index is 1.88. The number of aryl methyl sites for hydroxylation is 1. The fourth-order valence-electron chi connectivity index (χ4n) is 3.38. The zero-order valence-electron chi connectivity index (χ0n) is 19.6. The predicted octanol–water partition coefficient (Wildman–Crippen LogP) is 4.99. The largest absolute Gasteiger partial charge is 0.462 e. The maximum Gasteiger partial charge on any atom is 0.341 e. The van der Waals surface area contributed by atoms with Gasteiger partial charge in [0, 0.05) is 10.9 Å². The van der Waals surface area contributed by atoms with Gasteiger partial charge < -0.3 is 10.1 Å². The van der Waals surface area contributed by atoms with Crippen LogP contribution in [0.25, 0.3) is 11.1 Å². The number of halogens is 1. The van der Waals surface area contributed by atoms with Gasteiger partial charge in [0.15, 0.2) is 0 Å². The first kappa shape index (κ1) is 26.5. The summed E-state index contributed by atoms with van der Waals surface area (Å²) in [5, 5.41) is 4.71. The molecule has 3 aromatic rings. The minimum absolute atomic E-state index is 0.151. The van der Waals surface area contributed by atoms with Gasteiger partial charge in [0.25, 0.3) is 0 Å². The summed E-state index contributed by atoms with van der Waals surface area (Å²) in [4.78, 5) is 25.7. The van der Waals surface area contributed by atoms with Crippen molar-refractivity contribution < 1.29 is 27.1 Å². The van der Waals surface area contributed by atoms with Gasteiger partial charge in [-0.3, -0.25) is 4.79 Å². The van der Waals surface area contributed by atoms with Crippen LogP contribution in [0.5, 0.6) is 0 Å². The van der Waals surface area contributed by atoms with Crippen LogP contribution in [-0.2, 0) is 26.0 Å². The quantitative estimate of drug-likeness (QED) is 0.368. The lowest BCUT2D eigenvalue weighted by molar-refractivity contribution is -0.117. The van der Waals surface area contributed by atoms with Crippen molar-refractivity contribution in [1.82, 2.24) is 4.72 Å². The summed E-state index contributed by atoms with van der Waals surface area (Å²) in [5.41, 5.74) is 2.78. The van der Waals surface area contributed by atoms with Gasteiger partial charge >= 0.3 is 5.97 Å². The molecule has 1 atom stereocenters. The van der Waals surface area contributed by atoms with Gasteiger partial charge in [0.2, 0.25) is 15.9 Å². The van der Waals surface area contributed by atoms with E-state index in [0.29, 0.717) is 5.56 Å². The summed E-state index contributed by atoms with van der Waals surface area (Å²) < 4.78 is 46.1. The third-order valence-corrected chi connectivity index (χ3v) is 7.71. The molecule has 1 aromatic heterocycles.